The van der Waals surface area contributed by atoms with Crippen LogP contribution in [0.3, 0.4) is 0 Å². The van der Waals surface area contributed by atoms with Crippen LogP contribution in [-0.2, 0) is 22.2 Å². The maximum absolute atomic E-state index is 11.6. The van der Waals surface area contributed by atoms with Gasteiger partial charge in [-0.05, 0) is 0 Å². The average Bonchev–Trinajstić information content (AvgIpc) is 2.86. The van der Waals surface area contributed by atoms with E-state index < -0.39 is 24.0 Å². The van der Waals surface area contributed by atoms with Gasteiger partial charge in [-0.1, -0.05) is 0 Å². The molecule has 1 aliphatic rings. The van der Waals surface area contributed by atoms with Gasteiger partial charge in [0.05, 0.1) is 0 Å². The van der Waals surface area contributed by atoms with E-state index in [1.165, 1.54) is 27.1 Å². The molecule has 3 rings (SSSR count). The third-order valence-electron chi connectivity index (χ3n) is 5.70. The van der Waals surface area contributed by atoms with Crippen LogP contribution in [0.25, 0.3) is 0 Å². The second kappa shape index (κ2) is 11.2. The Bertz CT molecular complexity index is 816. The SMILES string of the molecule is CC1=C(C)C(C)[C]([Ti+2]([NH]C=O)[SiH](c2ccccc2)c2ccccc2)=C1C.[Cl-].[Cl-]. The summed E-state index contributed by atoms with van der Waals surface area (Å²) in [4.78, 5) is 11.6. The number of allylic oxidation sites excluding steroid dienone is 4. The molecule has 1 amide bonds. The molecule has 147 valence electrons. The molecule has 2 aromatic rings. The Hall–Kier alpha value is -1.10. The zero-order valence-corrected chi connectivity index (χ0v) is 20.9. The number of rotatable bonds is 6. The van der Waals surface area contributed by atoms with Crippen LogP contribution in [0, 0.1) is 5.92 Å². The van der Waals surface area contributed by atoms with Crippen LogP contribution >= 0.6 is 0 Å². The molecule has 0 saturated carbocycles. The molecule has 1 N–H and O–H groups in total. The molecule has 1 unspecified atom stereocenters. The molecule has 0 radical (unpaired) electrons. The van der Waals surface area contributed by atoms with Gasteiger partial charge in [-0.25, -0.2) is 0 Å². The Labute approximate surface area is 188 Å². The van der Waals surface area contributed by atoms with E-state index in [2.05, 4.69) is 92.2 Å². The third-order valence-corrected chi connectivity index (χ3v) is 19.0. The van der Waals surface area contributed by atoms with Crippen molar-refractivity contribution >= 4 is 23.4 Å². The fourth-order valence-electron chi connectivity index (χ4n) is 4.00. The normalized spacial score (nSPS) is 15.8. The first-order chi connectivity index (χ1) is 12.6. The van der Waals surface area contributed by atoms with Crippen molar-refractivity contribution in [1.82, 2.24) is 3.80 Å². The summed E-state index contributed by atoms with van der Waals surface area (Å²) in [5.74, 6) is 0.444. The quantitative estimate of drug-likeness (QED) is 0.358. The molecule has 1 atom stereocenters. The van der Waals surface area contributed by atoms with Crippen molar-refractivity contribution in [1.29, 1.82) is 0 Å². The van der Waals surface area contributed by atoms with Crippen molar-refractivity contribution in [2.24, 2.45) is 5.92 Å². The minimum atomic E-state index is -2.04. The van der Waals surface area contributed by atoms with Crippen LogP contribution in [-0.4, -0.2) is 13.1 Å². The Morgan fingerprint density at radius 1 is 0.857 bits per heavy atom. The molecular weight excluding hydrogens is 441 g/mol. The van der Waals surface area contributed by atoms with E-state index in [-0.39, 0.29) is 24.8 Å². The summed E-state index contributed by atoms with van der Waals surface area (Å²) in [6.45, 7) is 7.51. The van der Waals surface area contributed by atoms with Crippen LogP contribution in [0.2, 0.25) is 0 Å². The minimum absolute atomic E-state index is 0. The monoisotopic (exact) mass is 466 g/mol. The number of nitrogens with one attached hydrogen (secondary N) is 1. The van der Waals surface area contributed by atoms with Crippen molar-refractivity contribution in [3.05, 3.63) is 81.3 Å². The Kier molecular flexibility index (Phi) is 9.96. The maximum Gasteiger partial charge on any atom is -1.00 e. The Morgan fingerprint density at radius 3 is 1.68 bits per heavy atom. The summed E-state index contributed by atoms with van der Waals surface area (Å²) in [6, 6.07) is 21.7. The van der Waals surface area contributed by atoms with Gasteiger partial charge in [0.1, 0.15) is 0 Å². The van der Waals surface area contributed by atoms with Gasteiger partial charge in [0.25, 0.3) is 0 Å². The molecule has 0 fully saturated rings. The summed E-state index contributed by atoms with van der Waals surface area (Å²) in [5, 5.41) is 2.86. The molecule has 1 aliphatic carbocycles. The summed E-state index contributed by atoms with van der Waals surface area (Å²) in [5.41, 5.74) is 4.30. The molecule has 0 bridgehead atoms. The van der Waals surface area contributed by atoms with Crippen molar-refractivity contribution < 1.29 is 47.0 Å². The van der Waals surface area contributed by atoms with E-state index in [9.17, 15) is 4.79 Å². The first-order valence-corrected chi connectivity index (χ1v) is 15.1. The number of benzene rings is 2. The molecule has 0 aliphatic heterocycles. The first kappa shape index (κ1) is 24.9. The molecule has 2 nitrogen and oxygen atoms in total. The van der Waals surface area contributed by atoms with E-state index in [0.717, 1.165) is 6.41 Å². The smallest absolute Gasteiger partial charge is 1.00 e. The minimum Gasteiger partial charge on any atom is -1.00 e. The molecule has 0 aromatic heterocycles. The summed E-state index contributed by atoms with van der Waals surface area (Å²) in [6.07, 6.45) is 0.956. The number of halogens is 2. The van der Waals surface area contributed by atoms with Gasteiger partial charge in [-0.2, -0.15) is 0 Å². The molecule has 28 heavy (non-hydrogen) atoms. The number of hydrogen-bond donors (Lipinski definition) is 1. The maximum atomic E-state index is 11.6. The second-order valence-corrected chi connectivity index (χ2v) is 16.9. The second-order valence-electron chi connectivity index (χ2n) is 7.00. The van der Waals surface area contributed by atoms with Crippen molar-refractivity contribution in [2.75, 3.05) is 0 Å². The van der Waals surface area contributed by atoms with Gasteiger partial charge in [0.15, 0.2) is 0 Å². The summed E-state index contributed by atoms with van der Waals surface area (Å²) < 4.78 is 4.94. The molecule has 0 saturated heterocycles. The van der Waals surface area contributed by atoms with Gasteiger partial charge >= 0.3 is 164 Å². The van der Waals surface area contributed by atoms with E-state index in [1.807, 2.05) is 0 Å². The van der Waals surface area contributed by atoms with Crippen LogP contribution in [0.5, 0.6) is 0 Å². The fraction of sp³-hybridized carbons (Fsp3) is 0.227. The van der Waals surface area contributed by atoms with Crippen molar-refractivity contribution in [3.8, 4) is 0 Å². The Morgan fingerprint density at radius 2 is 1.32 bits per heavy atom. The van der Waals surface area contributed by atoms with Crippen LogP contribution in [0.1, 0.15) is 27.7 Å². The number of amides is 1. The predicted molar refractivity (Wildman–Crippen MR) is 109 cm³/mol. The topological polar surface area (TPSA) is 29.1 Å². The number of carbonyl (C=O) groups is 1. The van der Waals surface area contributed by atoms with E-state index in [1.54, 1.807) is 3.88 Å². The summed E-state index contributed by atoms with van der Waals surface area (Å²) in [7, 11) is 0. The van der Waals surface area contributed by atoms with Gasteiger partial charge in [0.2, 0.25) is 0 Å². The zero-order valence-electron chi connectivity index (χ0n) is 16.7. The molecule has 2 aromatic carbocycles. The molecule has 0 heterocycles. The standard InChI is InChI=1S/C12H11Si.C9H13.CH3NO.2ClH.Ti/c1-3-7-11(8-4-1)13-12-9-5-2-6-10-12;1-6-5-7(2)9(4)8(6)3;2-1-3;;;/h1-10,13H;6H,1-4H3;1H,(H2,2,3);2*1H;/q;;;;;+3/p-3. The van der Waals surface area contributed by atoms with Gasteiger partial charge < -0.3 is 24.8 Å². The number of hydrogen-bond acceptors (Lipinski definition) is 1. The van der Waals surface area contributed by atoms with Gasteiger partial charge in [-0.15, -0.1) is 0 Å². The van der Waals surface area contributed by atoms with E-state index >= 15 is 0 Å². The zero-order chi connectivity index (χ0) is 18.7. The third kappa shape index (κ3) is 4.90. The van der Waals surface area contributed by atoms with Crippen molar-refractivity contribution in [3.63, 3.8) is 0 Å². The average molecular weight is 467 g/mol. The van der Waals surface area contributed by atoms with Gasteiger partial charge in [0, 0.05) is 0 Å². The van der Waals surface area contributed by atoms with E-state index in [0.29, 0.717) is 5.92 Å². The first-order valence-electron chi connectivity index (χ1n) is 9.12. The van der Waals surface area contributed by atoms with Crippen LogP contribution in [0.15, 0.2) is 81.3 Å². The molecular formula is C22H26Cl2NOSiTi. The van der Waals surface area contributed by atoms with Crippen LogP contribution in [0.4, 0.5) is 0 Å². The number of carbonyl (C=O) groups excluding carboxylic acids is 1. The Balaban J connectivity index is 0.00000196. The molecule has 6 heteroatoms. The predicted octanol–water partition coefficient (Wildman–Crippen LogP) is -2.93. The van der Waals surface area contributed by atoms with E-state index in [4.69, 9.17) is 0 Å². The van der Waals surface area contributed by atoms with Crippen LogP contribution < -0.4 is 39.0 Å². The molecule has 0 spiro atoms. The van der Waals surface area contributed by atoms with Gasteiger partial charge in [-0.3, -0.25) is 0 Å². The summed E-state index contributed by atoms with van der Waals surface area (Å²) >= 11 is -2.04. The fourth-order valence-corrected chi connectivity index (χ4v) is 18.5. The largest absolute Gasteiger partial charge is 1.00 e. The van der Waals surface area contributed by atoms with Crippen molar-refractivity contribution in [2.45, 2.75) is 27.7 Å².